The van der Waals surface area contributed by atoms with E-state index >= 15 is 0 Å². The molecule has 346 valence electrons. The molecule has 0 aromatic carbocycles. The third-order valence-corrected chi connectivity index (χ3v) is 11.5. The van der Waals surface area contributed by atoms with Crippen molar-refractivity contribution in [3.8, 4) is 0 Å². The first-order valence-corrected chi connectivity index (χ1v) is 25.8. The summed E-state index contributed by atoms with van der Waals surface area (Å²) in [4.78, 5) is 37.7. The maximum atomic E-state index is 12.7. The minimum absolute atomic E-state index is 0.0692. The molecule has 0 aromatic rings. The first-order valence-electron chi connectivity index (χ1n) is 25.8. The highest BCUT2D eigenvalue weighted by Crippen LogP contribution is 2.16. The van der Waals surface area contributed by atoms with Crippen LogP contribution in [0, 0.1) is 0 Å². The van der Waals surface area contributed by atoms with Crippen molar-refractivity contribution in [2.45, 2.75) is 284 Å². The Morgan fingerprint density at radius 1 is 0.339 bits per heavy atom. The van der Waals surface area contributed by atoms with Gasteiger partial charge < -0.3 is 14.2 Å². The van der Waals surface area contributed by atoms with Crippen molar-refractivity contribution >= 4 is 17.9 Å². The van der Waals surface area contributed by atoms with E-state index in [9.17, 15) is 14.4 Å². The van der Waals surface area contributed by atoms with E-state index in [0.717, 1.165) is 64.2 Å². The van der Waals surface area contributed by atoms with Gasteiger partial charge in [-0.2, -0.15) is 0 Å². The Bertz CT molecular complexity index is 958. The Labute approximate surface area is 366 Å². The fourth-order valence-electron chi connectivity index (χ4n) is 7.53. The standard InChI is InChI=1S/C53H98O6/c1-4-7-10-13-16-18-20-22-24-26-27-28-30-31-33-35-37-40-43-46-52(55)58-49-50(48-57-51(54)45-42-39-15-12-9-6-3)59-53(56)47-44-41-38-36-34-32-29-25-23-21-19-17-14-11-8-5-2/h16,18,22,24,50H,4-15,17,19-21,23,25-49H2,1-3H3/b18-16-,24-22-. The van der Waals surface area contributed by atoms with Gasteiger partial charge in [0.15, 0.2) is 6.10 Å². The molecule has 0 fully saturated rings. The molecule has 0 radical (unpaired) electrons. The molecular formula is C53H98O6. The molecule has 0 amide bonds. The van der Waals surface area contributed by atoms with E-state index in [0.29, 0.717) is 19.3 Å². The summed E-state index contributed by atoms with van der Waals surface area (Å²) in [5.41, 5.74) is 0. The van der Waals surface area contributed by atoms with Gasteiger partial charge in [0.1, 0.15) is 13.2 Å². The summed E-state index contributed by atoms with van der Waals surface area (Å²) in [6.45, 7) is 6.58. The maximum Gasteiger partial charge on any atom is 0.306 e. The molecule has 1 unspecified atom stereocenters. The lowest BCUT2D eigenvalue weighted by atomic mass is 10.0. The second-order valence-electron chi connectivity index (χ2n) is 17.4. The van der Waals surface area contributed by atoms with Crippen LogP contribution in [0.15, 0.2) is 24.3 Å². The molecule has 0 heterocycles. The van der Waals surface area contributed by atoms with Crippen LogP contribution < -0.4 is 0 Å². The van der Waals surface area contributed by atoms with Crippen LogP contribution in [0.2, 0.25) is 0 Å². The van der Waals surface area contributed by atoms with Crippen LogP contribution in [0.25, 0.3) is 0 Å². The van der Waals surface area contributed by atoms with Gasteiger partial charge in [-0.1, -0.05) is 231 Å². The number of hydrogen-bond donors (Lipinski definition) is 0. The van der Waals surface area contributed by atoms with Crippen molar-refractivity contribution in [1.82, 2.24) is 0 Å². The number of hydrogen-bond acceptors (Lipinski definition) is 6. The van der Waals surface area contributed by atoms with E-state index in [1.54, 1.807) is 0 Å². The molecular weight excluding hydrogens is 733 g/mol. The van der Waals surface area contributed by atoms with Gasteiger partial charge in [-0.25, -0.2) is 0 Å². The van der Waals surface area contributed by atoms with Gasteiger partial charge in [0.25, 0.3) is 0 Å². The van der Waals surface area contributed by atoms with Crippen LogP contribution in [-0.4, -0.2) is 37.2 Å². The number of unbranched alkanes of at least 4 members (excludes halogenated alkanes) is 32. The van der Waals surface area contributed by atoms with Crippen molar-refractivity contribution in [2.75, 3.05) is 13.2 Å². The second-order valence-corrected chi connectivity index (χ2v) is 17.4. The first-order chi connectivity index (χ1) is 29.0. The number of carbonyl (C=O) groups is 3. The molecule has 6 heteroatoms. The summed E-state index contributed by atoms with van der Waals surface area (Å²) in [6, 6.07) is 0. The van der Waals surface area contributed by atoms with Crippen molar-refractivity contribution in [3.05, 3.63) is 24.3 Å². The Kier molecular flexibility index (Phi) is 46.8. The fraction of sp³-hybridized carbons (Fsp3) is 0.868. The first kappa shape index (κ1) is 56.9. The zero-order valence-corrected chi connectivity index (χ0v) is 39.5. The monoisotopic (exact) mass is 831 g/mol. The Morgan fingerprint density at radius 3 is 0.966 bits per heavy atom. The average Bonchev–Trinajstić information content (AvgIpc) is 3.23. The lowest BCUT2D eigenvalue weighted by Gasteiger charge is -2.18. The van der Waals surface area contributed by atoms with Gasteiger partial charge in [-0.05, 0) is 51.4 Å². The minimum atomic E-state index is -0.765. The van der Waals surface area contributed by atoms with E-state index in [1.807, 2.05) is 0 Å². The number of rotatable bonds is 47. The molecule has 0 aliphatic carbocycles. The largest absolute Gasteiger partial charge is 0.462 e. The topological polar surface area (TPSA) is 78.9 Å². The molecule has 0 aliphatic rings. The smallest absolute Gasteiger partial charge is 0.306 e. The van der Waals surface area contributed by atoms with E-state index in [2.05, 4.69) is 45.1 Å². The van der Waals surface area contributed by atoms with E-state index in [-0.39, 0.29) is 31.1 Å². The van der Waals surface area contributed by atoms with Gasteiger partial charge >= 0.3 is 17.9 Å². The molecule has 0 bridgehead atoms. The SMILES string of the molecule is CCCCC/C=C\C/C=C\CCCCCCCCCCCC(=O)OCC(COC(=O)CCCCCCCC)OC(=O)CCCCCCCCCCCCCCCCCC. The van der Waals surface area contributed by atoms with Crippen LogP contribution in [-0.2, 0) is 28.6 Å². The third kappa shape index (κ3) is 46.8. The molecule has 0 saturated heterocycles. The number of carbonyl (C=O) groups excluding carboxylic acids is 3. The fourth-order valence-corrected chi connectivity index (χ4v) is 7.53. The third-order valence-electron chi connectivity index (χ3n) is 11.5. The Morgan fingerprint density at radius 2 is 0.610 bits per heavy atom. The second kappa shape index (κ2) is 48.6. The lowest BCUT2D eigenvalue weighted by Crippen LogP contribution is -2.30. The quantitative estimate of drug-likeness (QED) is 0.0263. The van der Waals surface area contributed by atoms with E-state index < -0.39 is 6.10 Å². The molecule has 0 rings (SSSR count). The Hall–Kier alpha value is -2.11. The van der Waals surface area contributed by atoms with Gasteiger partial charge in [-0.3, -0.25) is 14.4 Å². The van der Waals surface area contributed by atoms with E-state index in [4.69, 9.17) is 14.2 Å². The summed E-state index contributed by atoms with van der Waals surface area (Å²) < 4.78 is 16.7. The van der Waals surface area contributed by atoms with Crippen LogP contribution in [0.1, 0.15) is 278 Å². The maximum absolute atomic E-state index is 12.7. The van der Waals surface area contributed by atoms with Gasteiger partial charge in [0, 0.05) is 19.3 Å². The molecule has 0 aliphatic heterocycles. The van der Waals surface area contributed by atoms with Crippen LogP contribution >= 0.6 is 0 Å². The zero-order chi connectivity index (χ0) is 43.0. The summed E-state index contributed by atoms with van der Waals surface area (Å²) in [5, 5.41) is 0. The molecule has 0 aromatic heterocycles. The van der Waals surface area contributed by atoms with Crippen LogP contribution in [0.5, 0.6) is 0 Å². The van der Waals surface area contributed by atoms with Crippen molar-refractivity contribution < 1.29 is 28.6 Å². The van der Waals surface area contributed by atoms with Crippen LogP contribution in [0.4, 0.5) is 0 Å². The van der Waals surface area contributed by atoms with Gasteiger partial charge in [0.2, 0.25) is 0 Å². The highest BCUT2D eigenvalue weighted by Gasteiger charge is 2.19. The molecule has 0 spiro atoms. The van der Waals surface area contributed by atoms with Gasteiger partial charge in [-0.15, -0.1) is 0 Å². The van der Waals surface area contributed by atoms with Crippen molar-refractivity contribution in [3.63, 3.8) is 0 Å². The van der Waals surface area contributed by atoms with Gasteiger partial charge in [0.05, 0.1) is 0 Å². The molecule has 59 heavy (non-hydrogen) atoms. The highest BCUT2D eigenvalue weighted by atomic mass is 16.6. The average molecular weight is 831 g/mol. The number of esters is 3. The normalized spacial score (nSPS) is 12.1. The molecule has 1 atom stereocenters. The highest BCUT2D eigenvalue weighted by molar-refractivity contribution is 5.71. The van der Waals surface area contributed by atoms with Crippen molar-refractivity contribution in [2.24, 2.45) is 0 Å². The molecule has 0 N–H and O–H groups in total. The zero-order valence-electron chi connectivity index (χ0n) is 39.5. The van der Waals surface area contributed by atoms with Crippen LogP contribution in [0.3, 0.4) is 0 Å². The lowest BCUT2D eigenvalue weighted by molar-refractivity contribution is -0.167. The summed E-state index contributed by atoms with van der Waals surface area (Å²) in [7, 11) is 0. The predicted octanol–water partition coefficient (Wildman–Crippen LogP) is 16.8. The van der Waals surface area contributed by atoms with Crippen molar-refractivity contribution in [1.29, 1.82) is 0 Å². The number of ether oxygens (including phenoxy) is 3. The summed E-state index contributed by atoms with van der Waals surface area (Å²) in [6.07, 6.45) is 54.7. The molecule has 6 nitrogen and oxygen atoms in total. The molecule has 0 saturated carbocycles. The summed E-state index contributed by atoms with van der Waals surface area (Å²) >= 11 is 0. The van der Waals surface area contributed by atoms with E-state index in [1.165, 1.54) is 173 Å². The Balaban J connectivity index is 4.17. The number of allylic oxidation sites excluding steroid dienone is 4. The summed E-state index contributed by atoms with van der Waals surface area (Å²) in [5.74, 6) is -0.870. The minimum Gasteiger partial charge on any atom is -0.462 e. The predicted molar refractivity (Wildman–Crippen MR) is 252 cm³/mol.